The fraction of sp³-hybridized carbons (Fsp3) is 0.294. The molecule has 0 aliphatic carbocycles. The number of aryl methyl sites for hydroxylation is 1. The minimum absolute atomic E-state index is 0.00107. The van der Waals surface area contributed by atoms with Crippen LogP contribution in [0.25, 0.3) is 0 Å². The largest absolute Gasteiger partial charge is 0.462 e. The maximum Gasteiger partial charge on any atom is 0.355 e. The van der Waals surface area contributed by atoms with Crippen LogP contribution in [0.5, 0.6) is 0 Å². The van der Waals surface area contributed by atoms with E-state index in [2.05, 4.69) is 4.98 Å². The molecule has 0 aliphatic heterocycles. The lowest BCUT2D eigenvalue weighted by atomic mass is 10.1. The Kier molecular flexibility index (Phi) is 5.91. The molecule has 0 atom stereocenters. The Morgan fingerprint density at radius 1 is 1.12 bits per heavy atom. The molecule has 1 aromatic carbocycles. The molecule has 0 fully saturated rings. The van der Waals surface area contributed by atoms with Crippen LogP contribution in [-0.2, 0) is 16.1 Å². The van der Waals surface area contributed by atoms with Crippen LogP contribution in [0.4, 0.5) is 0 Å². The average molecular weight is 370 g/mol. The minimum Gasteiger partial charge on any atom is -0.462 e. The standard InChI is InChI=1S/C17H17Cl2NO4/c1-4-23-16(21)14-9(2)15(20-10(14)3)17(22)24-8-11-5-6-12(18)7-13(11)19/h5-7,20H,4,8H2,1-3H3. The number of halogens is 2. The zero-order valence-corrected chi connectivity index (χ0v) is 15.0. The number of hydrogen-bond donors (Lipinski definition) is 1. The summed E-state index contributed by atoms with van der Waals surface area (Å²) in [7, 11) is 0. The van der Waals surface area contributed by atoms with Crippen LogP contribution in [0.15, 0.2) is 18.2 Å². The Balaban J connectivity index is 2.15. The Morgan fingerprint density at radius 2 is 1.83 bits per heavy atom. The molecule has 1 heterocycles. The molecule has 0 aliphatic rings. The average Bonchev–Trinajstić information content (AvgIpc) is 2.81. The van der Waals surface area contributed by atoms with Crippen molar-refractivity contribution in [3.63, 3.8) is 0 Å². The summed E-state index contributed by atoms with van der Waals surface area (Å²) >= 11 is 11.9. The number of nitrogens with one attached hydrogen (secondary N) is 1. The van der Waals surface area contributed by atoms with E-state index in [4.69, 9.17) is 32.7 Å². The molecular weight excluding hydrogens is 353 g/mol. The van der Waals surface area contributed by atoms with E-state index in [0.717, 1.165) is 0 Å². The van der Waals surface area contributed by atoms with Gasteiger partial charge in [-0.05, 0) is 38.5 Å². The summed E-state index contributed by atoms with van der Waals surface area (Å²) in [5.74, 6) is -1.04. The Hall–Kier alpha value is -1.98. The van der Waals surface area contributed by atoms with Crippen LogP contribution in [0, 0.1) is 13.8 Å². The van der Waals surface area contributed by atoms with Crippen molar-refractivity contribution in [2.24, 2.45) is 0 Å². The molecule has 0 saturated carbocycles. The first-order chi connectivity index (χ1) is 11.3. The second-order valence-electron chi connectivity index (χ2n) is 5.16. The fourth-order valence-corrected chi connectivity index (χ4v) is 2.78. The quantitative estimate of drug-likeness (QED) is 0.789. The van der Waals surface area contributed by atoms with Gasteiger partial charge >= 0.3 is 11.9 Å². The van der Waals surface area contributed by atoms with Gasteiger partial charge in [0.25, 0.3) is 0 Å². The Labute approximate surface area is 149 Å². The predicted octanol–water partition coefficient (Wildman–Crippen LogP) is 4.47. The number of aromatic nitrogens is 1. The lowest BCUT2D eigenvalue weighted by Crippen LogP contribution is -2.09. The van der Waals surface area contributed by atoms with Gasteiger partial charge in [-0.3, -0.25) is 0 Å². The number of ether oxygens (including phenoxy) is 2. The van der Waals surface area contributed by atoms with Crippen molar-refractivity contribution >= 4 is 35.1 Å². The Morgan fingerprint density at radius 3 is 2.46 bits per heavy atom. The van der Waals surface area contributed by atoms with Crippen LogP contribution in [-0.4, -0.2) is 23.5 Å². The van der Waals surface area contributed by atoms with Gasteiger partial charge in [0.15, 0.2) is 0 Å². The number of aromatic amines is 1. The number of carbonyl (C=O) groups is 2. The lowest BCUT2D eigenvalue weighted by Gasteiger charge is -2.07. The van der Waals surface area contributed by atoms with Crippen molar-refractivity contribution in [3.05, 3.63) is 56.3 Å². The first-order valence-corrected chi connectivity index (χ1v) is 8.08. The van der Waals surface area contributed by atoms with E-state index in [1.807, 2.05) is 0 Å². The van der Waals surface area contributed by atoms with Crippen LogP contribution in [0.2, 0.25) is 10.0 Å². The SMILES string of the molecule is CCOC(=O)c1c(C)[nH]c(C(=O)OCc2ccc(Cl)cc2Cl)c1C. The van der Waals surface area contributed by atoms with Gasteiger partial charge in [0.1, 0.15) is 12.3 Å². The second-order valence-corrected chi connectivity index (χ2v) is 6.00. The molecule has 0 spiro atoms. The third kappa shape index (κ3) is 3.91. The minimum atomic E-state index is -0.572. The summed E-state index contributed by atoms with van der Waals surface area (Å²) < 4.78 is 10.3. The monoisotopic (exact) mass is 369 g/mol. The van der Waals surface area contributed by atoms with Crippen LogP contribution >= 0.6 is 23.2 Å². The fourth-order valence-electron chi connectivity index (χ4n) is 2.32. The zero-order valence-electron chi connectivity index (χ0n) is 13.5. The number of esters is 2. The predicted molar refractivity (Wildman–Crippen MR) is 91.8 cm³/mol. The van der Waals surface area contributed by atoms with Crippen molar-refractivity contribution in [1.82, 2.24) is 4.98 Å². The number of H-pyrrole nitrogens is 1. The summed E-state index contributed by atoms with van der Waals surface area (Å²) in [6, 6.07) is 4.93. The highest BCUT2D eigenvalue weighted by Crippen LogP contribution is 2.23. The molecule has 24 heavy (non-hydrogen) atoms. The summed E-state index contributed by atoms with van der Waals surface area (Å²) in [6.07, 6.45) is 0. The normalized spacial score (nSPS) is 10.5. The summed E-state index contributed by atoms with van der Waals surface area (Å²) in [5.41, 5.74) is 2.27. The first kappa shape index (κ1) is 18.4. The molecule has 2 aromatic rings. The van der Waals surface area contributed by atoms with Crippen molar-refractivity contribution in [2.75, 3.05) is 6.61 Å². The van der Waals surface area contributed by atoms with Gasteiger partial charge < -0.3 is 14.5 Å². The topological polar surface area (TPSA) is 68.4 Å². The van der Waals surface area contributed by atoms with E-state index in [1.54, 1.807) is 39.0 Å². The maximum atomic E-state index is 12.3. The highest BCUT2D eigenvalue weighted by atomic mass is 35.5. The third-order valence-corrected chi connectivity index (χ3v) is 4.08. The zero-order chi connectivity index (χ0) is 17.9. The molecule has 0 unspecified atom stereocenters. The van der Waals surface area contributed by atoms with Gasteiger partial charge in [0.2, 0.25) is 0 Å². The summed E-state index contributed by atoms with van der Waals surface area (Å²) in [5, 5.41) is 0.923. The molecule has 7 heteroatoms. The molecule has 5 nitrogen and oxygen atoms in total. The maximum absolute atomic E-state index is 12.3. The van der Waals surface area contributed by atoms with Gasteiger partial charge in [0, 0.05) is 21.3 Å². The van der Waals surface area contributed by atoms with Crippen LogP contribution in [0.1, 0.15) is 44.6 Å². The summed E-state index contributed by atoms with van der Waals surface area (Å²) in [6.45, 7) is 5.35. The molecular formula is C17H17Cl2NO4. The molecule has 0 amide bonds. The molecule has 0 saturated heterocycles. The van der Waals surface area contributed by atoms with Crippen LogP contribution < -0.4 is 0 Å². The van der Waals surface area contributed by atoms with Crippen molar-refractivity contribution in [3.8, 4) is 0 Å². The van der Waals surface area contributed by atoms with Gasteiger partial charge in [-0.2, -0.15) is 0 Å². The number of carbonyl (C=O) groups excluding carboxylic acids is 2. The van der Waals surface area contributed by atoms with E-state index in [0.29, 0.717) is 32.4 Å². The van der Waals surface area contributed by atoms with Crippen LogP contribution in [0.3, 0.4) is 0 Å². The third-order valence-electron chi connectivity index (χ3n) is 3.50. The van der Waals surface area contributed by atoms with E-state index in [1.165, 1.54) is 0 Å². The number of hydrogen-bond acceptors (Lipinski definition) is 4. The number of benzene rings is 1. The number of rotatable bonds is 5. The molecule has 1 N–H and O–H groups in total. The van der Waals surface area contributed by atoms with Gasteiger partial charge in [-0.1, -0.05) is 29.3 Å². The van der Waals surface area contributed by atoms with E-state index in [9.17, 15) is 9.59 Å². The lowest BCUT2D eigenvalue weighted by molar-refractivity contribution is 0.0465. The Bertz CT molecular complexity index is 783. The van der Waals surface area contributed by atoms with E-state index >= 15 is 0 Å². The van der Waals surface area contributed by atoms with Crippen molar-refractivity contribution in [2.45, 2.75) is 27.4 Å². The molecule has 128 valence electrons. The van der Waals surface area contributed by atoms with Crippen molar-refractivity contribution < 1.29 is 19.1 Å². The van der Waals surface area contributed by atoms with Gasteiger partial charge in [0.05, 0.1) is 12.2 Å². The van der Waals surface area contributed by atoms with Gasteiger partial charge in [-0.15, -0.1) is 0 Å². The second kappa shape index (κ2) is 7.73. The highest BCUT2D eigenvalue weighted by Gasteiger charge is 2.23. The highest BCUT2D eigenvalue weighted by molar-refractivity contribution is 6.35. The smallest absolute Gasteiger partial charge is 0.355 e. The van der Waals surface area contributed by atoms with E-state index < -0.39 is 11.9 Å². The molecule has 2 rings (SSSR count). The molecule has 0 bridgehead atoms. The first-order valence-electron chi connectivity index (χ1n) is 7.32. The van der Waals surface area contributed by atoms with Gasteiger partial charge in [-0.25, -0.2) is 9.59 Å². The van der Waals surface area contributed by atoms with E-state index in [-0.39, 0.29) is 18.9 Å². The molecule has 1 aromatic heterocycles. The summed E-state index contributed by atoms with van der Waals surface area (Å²) in [4.78, 5) is 27.1. The van der Waals surface area contributed by atoms with Crippen molar-refractivity contribution in [1.29, 1.82) is 0 Å². The molecule has 0 radical (unpaired) electrons.